The van der Waals surface area contributed by atoms with E-state index in [1.165, 1.54) is 14.2 Å². The number of carboxylic acids is 2. The van der Waals surface area contributed by atoms with Crippen LogP contribution >= 0.6 is 21.6 Å². The van der Waals surface area contributed by atoms with Gasteiger partial charge in [-0.15, -0.1) is 0 Å². The average molecular weight is 483 g/mol. The first-order valence-electron chi connectivity index (χ1n) is 9.84. The molecule has 6 unspecified atom stereocenters. The van der Waals surface area contributed by atoms with Crippen LogP contribution in [0.4, 0.5) is 0 Å². The first-order valence-corrected chi connectivity index (χ1v) is 12.3. The SMILES string of the molecule is COC(C)C(C(=O)O)C1CCSSCCNC(=O)C(C)C(C(=O)O)C(OC)C1.NC=O. The van der Waals surface area contributed by atoms with Crippen LogP contribution in [0.3, 0.4) is 0 Å². The maximum atomic E-state index is 12.4. The zero-order chi connectivity index (χ0) is 24.0. The van der Waals surface area contributed by atoms with Gasteiger partial charge in [0.15, 0.2) is 0 Å². The predicted molar refractivity (Wildman–Crippen MR) is 120 cm³/mol. The Balaban J connectivity index is 0.00000282. The summed E-state index contributed by atoms with van der Waals surface area (Å²) in [5, 5.41) is 22.3. The normalized spacial score (nSPS) is 27.5. The van der Waals surface area contributed by atoms with Crippen LogP contribution in [0.15, 0.2) is 0 Å². The molecule has 1 aliphatic heterocycles. The highest BCUT2D eigenvalue weighted by Crippen LogP contribution is 2.34. The molecular weight excluding hydrogens is 448 g/mol. The standard InChI is InChI=1S/C18H31NO7S2.CH3NO/c1-10-14(17(21)22)13(26-4)9-12(15(18(23)24)11(2)25-3)5-7-27-28-8-6-19-16(10)20;2-1-3/h10-15H,5-9H2,1-4H3,(H,19,20)(H,21,22)(H,23,24);1H,(H2,2,3). The molecule has 31 heavy (non-hydrogen) atoms. The number of carbonyl (C=O) groups excluding carboxylic acids is 2. The number of rotatable bonds is 6. The zero-order valence-corrected chi connectivity index (χ0v) is 19.9. The maximum Gasteiger partial charge on any atom is 0.309 e. The van der Waals surface area contributed by atoms with E-state index < -0.39 is 41.9 Å². The highest BCUT2D eigenvalue weighted by Gasteiger charge is 2.41. The van der Waals surface area contributed by atoms with Crippen molar-refractivity contribution < 1.29 is 38.9 Å². The molecule has 10 nitrogen and oxygen atoms in total. The van der Waals surface area contributed by atoms with Gasteiger partial charge in [-0.25, -0.2) is 0 Å². The Labute approximate surface area is 190 Å². The van der Waals surface area contributed by atoms with Gasteiger partial charge in [0, 0.05) is 32.3 Å². The fraction of sp³-hybridized carbons (Fsp3) is 0.789. The van der Waals surface area contributed by atoms with E-state index in [0.717, 1.165) is 0 Å². The van der Waals surface area contributed by atoms with Crippen LogP contribution in [0.1, 0.15) is 26.7 Å². The van der Waals surface area contributed by atoms with Crippen LogP contribution in [0.2, 0.25) is 0 Å². The number of hydrogen-bond donors (Lipinski definition) is 4. The molecule has 1 aliphatic rings. The summed E-state index contributed by atoms with van der Waals surface area (Å²) in [6, 6.07) is 0. The van der Waals surface area contributed by atoms with Gasteiger partial charge < -0.3 is 30.7 Å². The number of aliphatic carboxylic acids is 2. The molecule has 0 aromatic rings. The Bertz CT molecular complexity index is 581. The molecule has 5 N–H and O–H groups in total. The molecule has 2 amide bonds. The molecule has 1 fully saturated rings. The molecule has 1 rings (SSSR count). The van der Waals surface area contributed by atoms with Crippen LogP contribution in [0.25, 0.3) is 0 Å². The molecule has 0 spiro atoms. The fourth-order valence-electron chi connectivity index (χ4n) is 3.62. The van der Waals surface area contributed by atoms with E-state index in [2.05, 4.69) is 11.1 Å². The third kappa shape index (κ3) is 10.1. The third-order valence-corrected chi connectivity index (χ3v) is 7.73. The van der Waals surface area contributed by atoms with Crippen LogP contribution in [-0.2, 0) is 28.7 Å². The molecule has 0 aromatic heterocycles. The minimum Gasteiger partial charge on any atom is -0.481 e. The molecular formula is C19H34N2O8S2. The van der Waals surface area contributed by atoms with Gasteiger partial charge in [-0.05, 0) is 25.7 Å². The lowest BCUT2D eigenvalue weighted by molar-refractivity contribution is -0.156. The Morgan fingerprint density at radius 2 is 1.84 bits per heavy atom. The Morgan fingerprint density at radius 1 is 1.26 bits per heavy atom. The van der Waals surface area contributed by atoms with E-state index in [-0.39, 0.29) is 24.7 Å². The van der Waals surface area contributed by atoms with Crippen molar-refractivity contribution in [1.29, 1.82) is 0 Å². The van der Waals surface area contributed by atoms with Gasteiger partial charge >= 0.3 is 11.9 Å². The second-order valence-corrected chi connectivity index (χ2v) is 9.79. The predicted octanol–water partition coefficient (Wildman–Crippen LogP) is 1.08. The number of amides is 2. The number of ether oxygens (including phenoxy) is 2. The molecule has 0 radical (unpaired) electrons. The van der Waals surface area contributed by atoms with Crippen LogP contribution in [-0.4, -0.2) is 78.9 Å². The van der Waals surface area contributed by atoms with Crippen LogP contribution in [0.5, 0.6) is 0 Å². The minimum atomic E-state index is -1.13. The lowest BCUT2D eigenvalue weighted by Gasteiger charge is -2.33. The Hall–Kier alpha value is -1.50. The first kappa shape index (κ1) is 29.5. The monoisotopic (exact) mass is 482 g/mol. The summed E-state index contributed by atoms with van der Waals surface area (Å²) in [6.07, 6.45) is -0.254. The summed E-state index contributed by atoms with van der Waals surface area (Å²) in [7, 11) is 6.09. The van der Waals surface area contributed by atoms with E-state index in [4.69, 9.17) is 14.3 Å². The molecule has 0 saturated carbocycles. The highest BCUT2D eigenvalue weighted by atomic mass is 33.1. The molecule has 12 heteroatoms. The highest BCUT2D eigenvalue weighted by molar-refractivity contribution is 8.76. The van der Waals surface area contributed by atoms with E-state index in [9.17, 15) is 24.6 Å². The van der Waals surface area contributed by atoms with Gasteiger partial charge in [0.05, 0.1) is 30.0 Å². The quantitative estimate of drug-likeness (QED) is 0.318. The van der Waals surface area contributed by atoms with Crippen molar-refractivity contribution in [3.8, 4) is 0 Å². The van der Waals surface area contributed by atoms with Crippen molar-refractivity contribution in [3.63, 3.8) is 0 Å². The lowest BCUT2D eigenvalue weighted by atomic mass is 9.77. The number of carbonyl (C=O) groups is 4. The number of nitrogens with one attached hydrogen (secondary N) is 1. The van der Waals surface area contributed by atoms with Crippen molar-refractivity contribution in [2.45, 2.75) is 38.9 Å². The number of carboxylic acid groups (broad SMARTS) is 2. The van der Waals surface area contributed by atoms with Crippen molar-refractivity contribution in [2.24, 2.45) is 29.4 Å². The summed E-state index contributed by atoms with van der Waals surface area (Å²) >= 11 is 0. The topological polar surface area (TPSA) is 165 Å². The van der Waals surface area contributed by atoms with Gasteiger partial charge in [0.2, 0.25) is 12.3 Å². The smallest absolute Gasteiger partial charge is 0.309 e. The average Bonchev–Trinajstić information content (AvgIpc) is 2.72. The van der Waals surface area contributed by atoms with Gasteiger partial charge in [0.25, 0.3) is 0 Å². The minimum absolute atomic E-state index is 0.223. The number of methoxy groups -OCH3 is 2. The largest absolute Gasteiger partial charge is 0.481 e. The molecule has 0 aromatic carbocycles. The Kier molecular flexibility index (Phi) is 15.4. The van der Waals surface area contributed by atoms with E-state index in [1.54, 1.807) is 35.4 Å². The molecule has 180 valence electrons. The third-order valence-electron chi connectivity index (χ3n) is 5.29. The number of primary amides is 1. The fourth-order valence-corrected chi connectivity index (χ4v) is 5.68. The molecule has 0 bridgehead atoms. The molecule has 6 atom stereocenters. The van der Waals surface area contributed by atoms with Crippen molar-refractivity contribution in [2.75, 3.05) is 32.3 Å². The zero-order valence-electron chi connectivity index (χ0n) is 18.3. The van der Waals surface area contributed by atoms with Gasteiger partial charge in [0.1, 0.15) is 0 Å². The van der Waals surface area contributed by atoms with Gasteiger partial charge in [-0.3, -0.25) is 19.2 Å². The first-order chi connectivity index (χ1) is 14.7. The molecule has 0 aliphatic carbocycles. The second kappa shape index (κ2) is 16.2. The molecule has 1 heterocycles. The lowest BCUT2D eigenvalue weighted by Crippen LogP contribution is -2.45. The molecule has 1 saturated heterocycles. The second-order valence-electron chi connectivity index (χ2n) is 7.09. The summed E-state index contributed by atoms with van der Waals surface area (Å²) in [5.41, 5.74) is 4.17. The number of hydrogen-bond acceptors (Lipinski definition) is 8. The van der Waals surface area contributed by atoms with E-state index >= 15 is 0 Å². The van der Waals surface area contributed by atoms with Crippen LogP contribution < -0.4 is 11.1 Å². The van der Waals surface area contributed by atoms with Gasteiger partial charge in [-0.2, -0.15) is 0 Å². The maximum absolute atomic E-state index is 12.4. The summed E-state index contributed by atoms with van der Waals surface area (Å²) in [6.45, 7) is 3.73. The van der Waals surface area contributed by atoms with Gasteiger partial charge in [-0.1, -0.05) is 28.5 Å². The summed E-state index contributed by atoms with van der Waals surface area (Å²) < 4.78 is 10.8. The Morgan fingerprint density at radius 3 is 2.32 bits per heavy atom. The summed E-state index contributed by atoms with van der Waals surface area (Å²) in [4.78, 5) is 44.9. The van der Waals surface area contributed by atoms with E-state index in [1.807, 2.05) is 0 Å². The van der Waals surface area contributed by atoms with E-state index in [0.29, 0.717) is 24.5 Å². The van der Waals surface area contributed by atoms with Crippen molar-refractivity contribution >= 4 is 45.8 Å². The van der Waals surface area contributed by atoms with Crippen molar-refractivity contribution in [1.82, 2.24) is 5.32 Å². The number of nitrogens with two attached hydrogens (primary N) is 1. The summed E-state index contributed by atoms with van der Waals surface area (Å²) in [5.74, 6) is -4.04. The van der Waals surface area contributed by atoms with Crippen LogP contribution in [0, 0.1) is 23.7 Å². The van der Waals surface area contributed by atoms with Crippen molar-refractivity contribution in [3.05, 3.63) is 0 Å².